The SMILES string of the molecule is O=C(Cc1csc(-c2ccc(CN3CCOCC3)cc2)n1)Nc1ccc(Cl)c([N+](=O)[O-])c1. The molecule has 1 saturated heterocycles. The van der Waals surface area contributed by atoms with Crippen LogP contribution in [0.4, 0.5) is 11.4 Å². The predicted molar refractivity (Wildman–Crippen MR) is 124 cm³/mol. The summed E-state index contributed by atoms with van der Waals surface area (Å²) in [6.07, 6.45) is 0.0715. The minimum absolute atomic E-state index is 0.0214. The lowest BCUT2D eigenvalue weighted by molar-refractivity contribution is -0.384. The van der Waals surface area contributed by atoms with Crippen molar-refractivity contribution in [1.29, 1.82) is 0 Å². The fraction of sp³-hybridized carbons (Fsp3) is 0.273. The van der Waals surface area contributed by atoms with Crippen molar-refractivity contribution in [2.45, 2.75) is 13.0 Å². The van der Waals surface area contributed by atoms with E-state index in [1.807, 2.05) is 17.5 Å². The monoisotopic (exact) mass is 472 g/mol. The summed E-state index contributed by atoms with van der Waals surface area (Å²) in [6.45, 7) is 4.35. The Labute approximate surface area is 193 Å². The van der Waals surface area contributed by atoms with Crippen LogP contribution in [0.2, 0.25) is 5.02 Å². The van der Waals surface area contributed by atoms with E-state index in [0.29, 0.717) is 11.4 Å². The van der Waals surface area contributed by atoms with E-state index in [2.05, 4.69) is 27.3 Å². The highest BCUT2D eigenvalue weighted by Gasteiger charge is 2.15. The number of amides is 1. The molecule has 0 aliphatic carbocycles. The maximum absolute atomic E-state index is 12.4. The van der Waals surface area contributed by atoms with Gasteiger partial charge in [-0.3, -0.25) is 19.8 Å². The first-order valence-electron chi connectivity index (χ1n) is 10.1. The summed E-state index contributed by atoms with van der Waals surface area (Å²) >= 11 is 7.28. The molecule has 2 aromatic carbocycles. The van der Waals surface area contributed by atoms with E-state index in [-0.39, 0.29) is 23.0 Å². The van der Waals surface area contributed by atoms with Crippen LogP contribution >= 0.6 is 22.9 Å². The Morgan fingerprint density at radius 2 is 1.97 bits per heavy atom. The highest BCUT2D eigenvalue weighted by atomic mass is 35.5. The van der Waals surface area contributed by atoms with Crippen molar-refractivity contribution >= 4 is 40.2 Å². The molecule has 0 saturated carbocycles. The summed E-state index contributed by atoms with van der Waals surface area (Å²) in [5.74, 6) is -0.306. The zero-order valence-corrected chi connectivity index (χ0v) is 18.7. The van der Waals surface area contributed by atoms with Crippen LogP contribution in [0, 0.1) is 10.1 Å². The van der Waals surface area contributed by atoms with Gasteiger partial charge in [-0.2, -0.15) is 0 Å². The average Bonchev–Trinajstić information content (AvgIpc) is 3.24. The minimum atomic E-state index is -0.586. The molecule has 0 spiro atoms. The lowest BCUT2D eigenvalue weighted by Crippen LogP contribution is -2.35. The van der Waals surface area contributed by atoms with Gasteiger partial charge in [0, 0.05) is 42.3 Å². The van der Waals surface area contributed by atoms with Gasteiger partial charge in [-0.25, -0.2) is 4.98 Å². The van der Waals surface area contributed by atoms with Crippen LogP contribution in [0.5, 0.6) is 0 Å². The van der Waals surface area contributed by atoms with Crippen molar-refractivity contribution in [1.82, 2.24) is 9.88 Å². The molecule has 1 aliphatic heterocycles. The van der Waals surface area contributed by atoms with Crippen molar-refractivity contribution < 1.29 is 14.5 Å². The molecule has 1 aromatic heterocycles. The number of rotatable bonds is 7. The molecule has 0 unspecified atom stereocenters. The Balaban J connectivity index is 1.35. The fourth-order valence-electron chi connectivity index (χ4n) is 3.39. The molecule has 1 amide bonds. The summed E-state index contributed by atoms with van der Waals surface area (Å²) in [6, 6.07) is 12.5. The van der Waals surface area contributed by atoms with Gasteiger partial charge < -0.3 is 10.1 Å². The molecule has 0 bridgehead atoms. The largest absolute Gasteiger partial charge is 0.379 e. The van der Waals surface area contributed by atoms with Crippen LogP contribution in [0.15, 0.2) is 47.8 Å². The minimum Gasteiger partial charge on any atom is -0.379 e. The van der Waals surface area contributed by atoms with E-state index < -0.39 is 4.92 Å². The van der Waals surface area contributed by atoms with Gasteiger partial charge in [0.25, 0.3) is 5.69 Å². The number of carbonyl (C=O) groups is 1. The van der Waals surface area contributed by atoms with Gasteiger partial charge in [-0.1, -0.05) is 35.9 Å². The van der Waals surface area contributed by atoms with Gasteiger partial charge in [-0.05, 0) is 17.7 Å². The Morgan fingerprint density at radius 1 is 1.22 bits per heavy atom. The van der Waals surface area contributed by atoms with Crippen LogP contribution in [0.3, 0.4) is 0 Å². The molecule has 1 aliphatic rings. The number of nitrogens with zero attached hydrogens (tertiary/aromatic N) is 3. The number of nitrogens with one attached hydrogen (secondary N) is 1. The zero-order valence-electron chi connectivity index (χ0n) is 17.1. The maximum Gasteiger partial charge on any atom is 0.289 e. The number of hydrogen-bond acceptors (Lipinski definition) is 7. The normalized spacial score (nSPS) is 14.3. The summed E-state index contributed by atoms with van der Waals surface area (Å²) in [5, 5.41) is 16.4. The second kappa shape index (κ2) is 10.2. The van der Waals surface area contributed by atoms with Crippen molar-refractivity contribution in [2.24, 2.45) is 0 Å². The lowest BCUT2D eigenvalue weighted by atomic mass is 10.1. The molecule has 1 N–H and O–H groups in total. The molecule has 3 aromatic rings. The summed E-state index contributed by atoms with van der Waals surface area (Å²) < 4.78 is 5.39. The lowest BCUT2D eigenvalue weighted by Gasteiger charge is -2.26. The van der Waals surface area contributed by atoms with E-state index in [9.17, 15) is 14.9 Å². The highest BCUT2D eigenvalue weighted by Crippen LogP contribution is 2.28. The first-order chi connectivity index (χ1) is 15.5. The molecular formula is C22H21ClN4O4S. The van der Waals surface area contributed by atoms with Crippen LogP contribution in [0.1, 0.15) is 11.3 Å². The molecule has 1 fully saturated rings. The number of thiazole rings is 1. The average molecular weight is 473 g/mol. The molecule has 4 rings (SSSR count). The Kier molecular flexibility index (Phi) is 7.11. The molecular weight excluding hydrogens is 452 g/mol. The number of aromatic nitrogens is 1. The van der Waals surface area contributed by atoms with Crippen LogP contribution in [0.25, 0.3) is 10.6 Å². The molecule has 166 valence electrons. The molecule has 0 radical (unpaired) electrons. The quantitative estimate of drug-likeness (QED) is 0.404. The van der Waals surface area contributed by atoms with Crippen molar-refractivity contribution in [2.75, 3.05) is 31.6 Å². The van der Waals surface area contributed by atoms with Crippen LogP contribution in [-0.2, 0) is 22.5 Å². The molecule has 10 heteroatoms. The van der Waals surface area contributed by atoms with Gasteiger partial charge in [-0.15, -0.1) is 11.3 Å². The Bertz CT molecular complexity index is 1110. The first kappa shape index (κ1) is 22.3. The van der Waals surface area contributed by atoms with E-state index in [1.54, 1.807) is 0 Å². The number of morpholine rings is 1. The second-order valence-corrected chi connectivity index (χ2v) is 8.64. The second-order valence-electron chi connectivity index (χ2n) is 7.38. The standard InChI is InChI=1S/C22H21ClN4O4S/c23-19-6-5-17(11-20(19)27(29)30)24-21(28)12-18-14-32-22(25-18)16-3-1-15(2-4-16)13-26-7-9-31-10-8-26/h1-6,11,14H,7-10,12-13H2,(H,24,28). The smallest absolute Gasteiger partial charge is 0.289 e. The number of benzene rings is 2. The Hall–Kier alpha value is -2.85. The third-order valence-corrected chi connectivity index (χ3v) is 6.29. The first-order valence-corrected chi connectivity index (χ1v) is 11.3. The van der Waals surface area contributed by atoms with Crippen molar-refractivity contribution in [3.8, 4) is 10.6 Å². The van der Waals surface area contributed by atoms with Gasteiger partial charge in [0.1, 0.15) is 10.0 Å². The number of carbonyl (C=O) groups excluding carboxylic acids is 1. The summed E-state index contributed by atoms with van der Waals surface area (Å²) in [7, 11) is 0. The van der Waals surface area contributed by atoms with Crippen LogP contribution < -0.4 is 5.32 Å². The van der Waals surface area contributed by atoms with E-state index in [4.69, 9.17) is 16.3 Å². The zero-order chi connectivity index (χ0) is 22.5. The number of hydrogen-bond donors (Lipinski definition) is 1. The van der Waals surface area contributed by atoms with E-state index in [1.165, 1.54) is 35.1 Å². The van der Waals surface area contributed by atoms with Gasteiger partial charge >= 0.3 is 0 Å². The van der Waals surface area contributed by atoms with E-state index in [0.717, 1.165) is 43.4 Å². The molecule has 8 nitrogen and oxygen atoms in total. The van der Waals surface area contributed by atoms with Crippen molar-refractivity contribution in [3.63, 3.8) is 0 Å². The summed E-state index contributed by atoms with van der Waals surface area (Å²) in [4.78, 5) is 29.7. The van der Waals surface area contributed by atoms with Gasteiger partial charge in [0.2, 0.25) is 5.91 Å². The van der Waals surface area contributed by atoms with Gasteiger partial charge in [0.05, 0.1) is 30.3 Å². The topological polar surface area (TPSA) is 97.6 Å². The summed E-state index contributed by atoms with van der Waals surface area (Å²) in [5.41, 5.74) is 2.95. The molecule has 0 atom stereocenters. The molecule has 2 heterocycles. The molecule has 32 heavy (non-hydrogen) atoms. The fourth-order valence-corrected chi connectivity index (χ4v) is 4.40. The van der Waals surface area contributed by atoms with Gasteiger partial charge in [0.15, 0.2) is 0 Å². The number of halogens is 1. The predicted octanol–water partition coefficient (Wildman–Crippen LogP) is 4.39. The number of ether oxygens (including phenoxy) is 1. The van der Waals surface area contributed by atoms with E-state index >= 15 is 0 Å². The Morgan fingerprint density at radius 3 is 2.69 bits per heavy atom. The highest BCUT2D eigenvalue weighted by molar-refractivity contribution is 7.13. The third-order valence-electron chi connectivity index (χ3n) is 5.03. The van der Waals surface area contributed by atoms with Crippen molar-refractivity contribution in [3.05, 3.63) is 74.2 Å². The maximum atomic E-state index is 12.4. The number of nitro benzene ring substituents is 1. The number of anilines is 1. The third kappa shape index (κ3) is 5.68. The number of nitro groups is 1. The van der Waals surface area contributed by atoms with Crippen LogP contribution in [-0.4, -0.2) is 47.0 Å².